The average molecular weight is 510 g/mol. The molecule has 1 aromatic rings. The smallest absolute Gasteiger partial charge is 0.294 e. The van der Waals surface area contributed by atoms with Gasteiger partial charge in [0.15, 0.2) is 0 Å². The van der Waals surface area contributed by atoms with E-state index in [9.17, 15) is 14.9 Å². The molecule has 35 heavy (non-hydrogen) atoms. The van der Waals surface area contributed by atoms with Crippen molar-refractivity contribution in [3.8, 4) is 0 Å². The number of carbonyl (C=O) groups excluding carboxylic acids is 1. The highest BCUT2D eigenvalue weighted by Gasteiger charge is 2.13. The maximum atomic E-state index is 9.64. The van der Waals surface area contributed by atoms with E-state index in [1.807, 2.05) is 0 Å². The van der Waals surface area contributed by atoms with Gasteiger partial charge in [-0.2, -0.15) is 11.8 Å². The lowest BCUT2D eigenvalue weighted by atomic mass is 9.98. The van der Waals surface area contributed by atoms with Crippen molar-refractivity contribution in [2.75, 3.05) is 24.7 Å². The fourth-order valence-electron chi connectivity index (χ4n) is 3.80. The van der Waals surface area contributed by atoms with Gasteiger partial charge < -0.3 is 9.57 Å². The molecule has 1 aromatic carbocycles. The minimum atomic E-state index is -0.831. The summed E-state index contributed by atoms with van der Waals surface area (Å²) in [6.07, 6.45) is 21.3. The molecule has 0 aliphatic heterocycles. The first kappa shape index (κ1) is 33.0. The fraction of sp³-hybridized carbons (Fsp3) is 0.679. The highest BCUT2D eigenvalue weighted by Crippen LogP contribution is 2.29. The third-order valence-corrected chi connectivity index (χ3v) is 6.60. The van der Waals surface area contributed by atoms with Crippen molar-refractivity contribution in [3.05, 3.63) is 58.2 Å². The number of unbranched alkanes of at least 4 members (excludes halogenated alkanes) is 4. The zero-order valence-electron chi connectivity index (χ0n) is 21.9. The van der Waals surface area contributed by atoms with Crippen LogP contribution in [0.25, 0.3) is 0 Å². The molecule has 1 aliphatic rings. The van der Waals surface area contributed by atoms with Crippen LogP contribution in [0.3, 0.4) is 0 Å². The Hall–Kier alpha value is -2.02. The summed E-state index contributed by atoms with van der Waals surface area (Å²) < 4.78 is 4.39. The molecular weight excluding hydrogens is 462 g/mol. The second-order valence-electron chi connectivity index (χ2n) is 8.58. The maximum absolute atomic E-state index is 9.64. The van der Waals surface area contributed by atoms with Crippen molar-refractivity contribution in [3.63, 3.8) is 0 Å². The van der Waals surface area contributed by atoms with Crippen molar-refractivity contribution >= 4 is 18.2 Å². The van der Waals surface area contributed by atoms with E-state index in [0.717, 1.165) is 5.92 Å². The van der Waals surface area contributed by atoms with Crippen molar-refractivity contribution in [2.24, 2.45) is 5.92 Å². The second kappa shape index (κ2) is 26.6. The van der Waals surface area contributed by atoms with E-state index in [1.54, 1.807) is 0 Å². The zero-order chi connectivity index (χ0) is 25.8. The molecule has 0 aromatic heterocycles. The summed E-state index contributed by atoms with van der Waals surface area (Å²) in [4.78, 5) is 23.3. The first-order chi connectivity index (χ1) is 17.1. The standard InChI is InChI=1S/C16H24.C7H14.C5H9NO5S/c1-3-9-15(10-4-1)11-5-2-6-12-16-13-7-8-14-16;1-3-5-7-6-4-2;7-5-10-1-3-12-4-2-11-6(8)9/h1,3-4,9-10,16H,2,5-8,11-14H2;3,5H,4,6-7H2,1-2H3;5H,1-4H2/b;5-3-;. The van der Waals surface area contributed by atoms with Crippen LogP contribution in [0.15, 0.2) is 42.5 Å². The quantitative estimate of drug-likeness (QED) is 0.0700. The van der Waals surface area contributed by atoms with Crippen molar-refractivity contribution < 1.29 is 19.5 Å². The lowest BCUT2D eigenvalue weighted by Gasteiger charge is -2.07. The molecule has 0 unspecified atom stereocenters. The number of ether oxygens (including phenoxy) is 1. The minimum absolute atomic E-state index is 0.0682. The van der Waals surface area contributed by atoms with Crippen LogP contribution in [-0.4, -0.2) is 36.3 Å². The molecule has 0 heterocycles. The van der Waals surface area contributed by atoms with E-state index < -0.39 is 5.09 Å². The van der Waals surface area contributed by atoms with Crippen LogP contribution in [0.4, 0.5) is 0 Å². The largest absolute Gasteiger partial charge is 0.467 e. The van der Waals surface area contributed by atoms with Crippen LogP contribution in [0.2, 0.25) is 0 Å². The molecule has 0 saturated heterocycles. The first-order valence-electron chi connectivity index (χ1n) is 13.2. The Balaban J connectivity index is 0.000000540. The topological polar surface area (TPSA) is 78.7 Å². The van der Waals surface area contributed by atoms with Gasteiger partial charge in [-0.05, 0) is 37.7 Å². The highest BCUT2D eigenvalue weighted by atomic mass is 32.2. The van der Waals surface area contributed by atoms with E-state index in [1.165, 1.54) is 94.4 Å². The maximum Gasteiger partial charge on any atom is 0.294 e. The molecule has 0 spiro atoms. The molecule has 0 radical (unpaired) electrons. The molecule has 0 amide bonds. The van der Waals surface area contributed by atoms with Crippen LogP contribution >= 0.6 is 11.8 Å². The van der Waals surface area contributed by atoms with Gasteiger partial charge in [-0.1, -0.05) is 107 Å². The van der Waals surface area contributed by atoms with Crippen LogP contribution in [0, 0.1) is 16.0 Å². The molecule has 1 aliphatic carbocycles. The van der Waals surface area contributed by atoms with Gasteiger partial charge in [0, 0.05) is 11.5 Å². The van der Waals surface area contributed by atoms with E-state index in [0.29, 0.717) is 24.6 Å². The minimum Gasteiger partial charge on any atom is -0.467 e. The van der Waals surface area contributed by atoms with Gasteiger partial charge >= 0.3 is 0 Å². The molecule has 6 nitrogen and oxygen atoms in total. The number of benzene rings is 1. The Labute approximate surface area is 217 Å². The summed E-state index contributed by atoms with van der Waals surface area (Å²) in [7, 11) is 0. The second-order valence-corrected chi connectivity index (χ2v) is 9.81. The normalized spacial score (nSPS) is 12.9. The summed E-state index contributed by atoms with van der Waals surface area (Å²) in [5.74, 6) is 2.22. The first-order valence-corrected chi connectivity index (χ1v) is 14.3. The van der Waals surface area contributed by atoms with E-state index in [-0.39, 0.29) is 6.61 Å². The van der Waals surface area contributed by atoms with Crippen LogP contribution in [0.5, 0.6) is 0 Å². The highest BCUT2D eigenvalue weighted by molar-refractivity contribution is 7.99. The van der Waals surface area contributed by atoms with Gasteiger partial charge in [0.1, 0.15) is 13.2 Å². The van der Waals surface area contributed by atoms with Crippen molar-refractivity contribution in [2.45, 2.75) is 90.9 Å². The van der Waals surface area contributed by atoms with Gasteiger partial charge in [-0.3, -0.25) is 4.79 Å². The van der Waals surface area contributed by atoms with Crippen molar-refractivity contribution in [1.29, 1.82) is 0 Å². The SMILES string of the molecule is C/C=C\CCCC.O=COCCSCCO[N+](=O)[O-].c1ccc(CCCCCC2CCCC2)cc1. The molecule has 1 fully saturated rings. The summed E-state index contributed by atoms with van der Waals surface area (Å²) in [5, 5.41) is 8.81. The number of aryl methyl sites for hydroxylation is 1. The lowest BCUT2D eigenvalue weighted by molar-refractivity contribution is -0.756. The van der Waals surface area contributed by atoms with Gasteiger partial charge in [0.2, 0.25) is 0 Å². The van der Waals surface area contributed by atoms with Gasteiger partial charge in [0.05, 0.1) is 0 Å². The monoisotopic (exact) mass is 509 g/mol. The average Bonchev–Trinajstić information content (AvgIpc) is 3.39. The molecule has 2 rings (SSSR count). The molecule has 0 N–H and O–H groups in total. The van der Waals surface area contributed by atoms with Gasteiger partial charge in [-0.15, -0.1) is 10.1 Å². The van der Waals surface area contributed by atoms with Crippen molar-refractivity contribution in [1.82, 2.24) is 0 Å². The predicted octanol–water partition coefficient (Wildman–Crippen LogP) is 7.83. The number of carbonyl (C=O) groups is 1. The fourth-order valence-corrected chi connectivity index (χ4v) is 4.41. The number of rotatable bonds is 17. The van der Waals surface area contributed by atoms with Crippen LogP contribution in [0.1, 0.15) is 90.0 Å². The molecule has 200 valence electrons. The molecule has 1 saturated carbocycles. The number of nitrogens with zero attached hydrogens (tertiary/aromatic N) is 1. The summed E-state index contributed by atoms with van der Waals surface area (Å²) in [5.41, 5.74) is 1.50. The third-order valence-electron chi connectivity index (χ3n) is 5.69. The van der Waals surface area contributed by atoms with E-state index in [2.05, 4.69) is 65.9 Å². The Morgan fingerprint density at radius 3 is 2.40 bits per heavy atom. The number of thioether (sulfide) groups is 1. The summed E-state index contributed by atoms with van der Waals surface area (Å²) >= 11 is 1.42. The molecule has 0 bridgehead atoms. The van der Waals surface area contributed by atoms with Gasteiger partial charge in [-0.25, -0.2) is 0 Å². The number of hydrogen-bond donors (Lipinski definition) is 0. The molecule has 7 heteroatoms. The van der Waals surface area contributed by atoms with E-state index >= 15 is 0 Å². The predicted molar refractivity (Wildman–Crippen MR) is 147 cm³/mol. The Morgan fingerprint density at radius 1 is 1.06 bits per heavy atom. The van der Waals surface area contributed by atoms with E-state index in [4.69, 9.17) is 0 Å². The number of hydrogen-bond acceptors (Lipinski definition) is 6. The summed E-state index contributed by atoms with van der Waals surface area (Å²) in [6, 6.07) is 10.9. The van der Waals surface area contributed by atoms with Crippen LogP contribution < -0.4 is 0 Å². The Bertz CT molecular complexity index is 621. The number of allylic oxidation sites excluding steroid dienone is 2. The Morgan fingerprint density at radius 2 is 1.77 bits per heavy atom. The molecule has 0 atom stereocenters. The third kappa shape index (κ3) is 24.9. The Kier molecular flexibility index (Phi) is 25.0. The summed E-state index contributed by atoms with van der Waals surface area (Å²) in [6.45, 7) is 5.04. The van der Waals surface area contributed by atoms with Gasteiger partial charge in [0.25, 0.3) is 11.6 Å². The van der Waals surface area contributed by atoms with Crippen LogP contribution in [-0.2, 0) is 20.8 Å². The molecular formula is C28H47NO5S. The lowest BCUT2D eigenvalue weighted by Crippen LogP contribution is -2.05. The zero-order valence-corrected chi connectivity index (χ0v) is 22.7.